The van der Waals surface area contributed by atoms with Gasteiger partial charge in [0.25, 0.3) is 0 Å². The number of ether oxygens (including phenoxy) is 1. The van der Waals surface area contributed by atoms with Crippen LogP contribution in [-0.2, 0) is 4.74 Å². The number of rotatable bonds is 5. The number of nitrogens with one attached hydrogen (secondary N) is 1. The van der Waals surface area contributed by atoms with Crippen LogP contribution in [0.4, 0.5) is 0 Å². The first-order chi connectivity index (χ1) is 4.72. The molecule has 3 N–H and O–H groups in total. The highest BCUT2D eigenvalue weighted by Gasteiger charge is 2.07. The van der Waals surface area contributed by atoms with Crippen LogP contribution >= 0.6 is 0 Å². The molecule has 2 atom stereocenters. The van der Waals surface area contributed by atoms with Gasteiger partial charge in [-0.25, -0.2) is 0 Å². The monoisotopic (exact) mass is 144 g/mol. The molecule has 3 nitrogen and oxygen atoms in total. The molecule has 10 heavy (non-hydrogen) atoms. The van der Waals surface area contributed by atoms with E-state index in [1.54, 1.807) is 0 Å². The Bertz CT molecular complexity index is 95.6. The highest BCUT2D eigenvalue weighted by molar-refractivity contribution is 5.56. The molecule has 0 spiro atoms. The van der Waals surface area contributed by atoms with Crippen LogP contribution in [0.25, 0.3) is 0 Å². The number of hydrogen-bond acceptors (Lipinski definition) is 3. The van der Waals surface area contributed by atoms with Crippen molar-refractivity contribution in [3.8, 4) is 0 Å². The van der Waals surface area contributed by atoms with Crippen molar-refractivity contribution in [3.63, 3.8) is 0 Å². The molecule has 0 aliphatic rings. The maximum absolute atomic E-state index is 6.94. The van der Waals surface area contributed by atoms with Crippen LogP contribution in [0.2, 0.25) is 0 Å². The zero-order valence-electron chi connectivity index (χ0n) is 6.63. The second-order valence-electron chi connectivity index (χ2n) is 2.39. The summed E-state index contributed by atoms with van der Waals surface area (Å²) in [4.78, 5) is 0. The fourth-order valence-electron chi connectivity index (χ4n) is 0.541. The molecule has 0 bridgehead atoms. The molecule has 0 aromatic rings. The van der Waals surface area contributed by atoms with Crippen molar-refractivity contribution < 1.29 is 4.74 Å². The van der Waals surface area contributed by atoms with Gasteiger partial charge in [0.1, 0.15) is 0 Å². The Labute approximate surface area is 62.1 Å². The van der Waals surface area contributed by atoms with Gasteiger partial charge in [0.05, 0.1) is 12.7 Å². The molecular formula is C7H16N2O. The standard InChI is InChI=1S/C7H16N2O/c1-6(5-9)7(2)10-4-3-8/h5-7,9H,3-4,8H2,1-2H3. The van der Waals surface area contributed by atoms with Crippen molar-refractivity contribution in [1.29, 1.82) is 5.41 Å². The van der Waals surface area contributed by atoms with Crippen LogP contribution in [0.15, 0.2) is 0 Å². The molecule has 0 aromatic carbocycles. The lowest BCUT2D eigenvalue weighted by Crippen LogP contribution is -2.22. The third-order valence-electron chi connectivity index (χ3n) is 1.50. The molecule has 0 saturated heterocycles. The molecule has 0 fully saturated rings. The first kappa shape index (κ1) is 9.59. The van der Waals surface area contributed by atoms with Crippen LogP contribution in [0.5, 0.6) is 0 Å². The Hall–Kier alpha value is -0.410. The van der Waals surface area contributed by atoms with E-state index in [2.05, 4.69) is 0 Å². The summed E-state index contributed by atoms with van der Waals surface area (Å²) in [6.07, 6.45) is 1.50. The lowest BCUT2D eigenvalue weighted by molar-refractivity contribution is 0.0542. The van der Waals surface area contributed by atoms with Crippen molar-refractivity contribution in [2.24, 2.45) is 11.7 Å². The minimum absolute atomic E-state index is 0.112. The van der Waals surface area contributed by atoms with Gasteiger partial charge in [-0.05, 0) is 6.92 Å². The molecule has 3 heteroatoms. The van der Waals surface area contributed by atoms with Gasteiger partial charge in [-0.1, -0.05) is 6.92 Å². The summed E-state index contributed by atoms with van der Waals surface area (Å²) in [6, 6.07) is 0. The highest BCUT2D eigenvalue weighted by atomic mass is 16.5. The molecule has 2 unspecified atom stereocenters. The molecule has 60 valence electrons. The van der Waals surface area contributed by atoms with Gasteiger partial charge in [0.15, 0.2) is 0 Å². The third-order valence-corrected chi connectivity index (χ3v) is 1.50. The Morgan fingerprint density at radius 3 is 2.60 bits per heavy atom. The van der Waals surface area contributed by atoms with Crippen LogP contribution in [0.1, 0.15) is 13.8 Å². The van der Waals surface area contributed by atoms with E-state index in [1.165, 1.54) is 6.21 Å². The molecule has 0 aliphatic carbocycles. The summed E-state index contributed by atoms with van der Waals surface area (Å²) in [5, 5.41) is 6.94. The summed E-state index contributed by atoms with van der Waals surface area (Å²) in [6.45, 7) is 5.04. The van der Waals surface area contributed by atoms with E-state index < -0.39 is 0 Å². The van der Waals surface area contributed by atoms with E-state index in [1.807, 2.05) is 13.8 Å². The quantitative estimate of drug-likeness (QED) is 0.556. The second kappa shape index (κ2) is 5.38. The van der Waals surface area contributed by atoms with Gasteiger partial charge in [0, 0.05) is 18.7 Å². The smallest absolute Gasteiger partial charge is 0.0622 e. The van der Waals surface area contributed by atoms with Crippen molar-refractivity contribution in [3.05, 3.63) is 0 Å². The minimum atomic E-state index is 0.112. The van der Waals surface area contributed by atoms with Crippen molar-refractivity contribution in [2.45, 2.75) is 20.0 Å². The molecule has 0 amide bonds. The molecule has 0 aromatic heterocycles. The third kappa shape index (κ3) is 3.58. The Morgan fingerprint density at radius 2 is 2.20 bits per heavy atom. The zero-order valence-corrected chi connectivity index (χ0v) is 6.63. The zero-order chi connectivity index (χ0) is 7.98. The molecule has 0 heterocycles. The topological polar surface area (TPSA) is 59.1 Å². The fourth-order valence-corrected chi connectivity index (χ4v) is 0.541. The van der Waals surface area contributed by atoms with E-state index in [-0.39, 0.29) is 12.0 Å². The maximum atomic E-state index is 6.94. The van der Waals surface area contributed by atoms with Crippen molar-refractivity contribution >= 4 is 6.21 Å². The Kier molecular flexibility index (Phi) is 5.16. The summed E-state index contributed by atoms with van der Waals surface area (Å²) >= 11 is 0. The van der Waals surface area contributed by atoms with Gasteiger partial charge in [-0.2, -0.15) is 0 Å². The number of nitrogens with two attached hydrogens (primary N) is 1. The van der Waals surface area contributed by atoms with Crippen molar-refractivity contribution in [2.75, 3.05) is 13.2 Å². The maximum Gasteiger partial charge on any atom is 0.0622 e. The first-order valence-electron chi connectivity index (χ1n) is 3.54. The Morgan fingerprint density at radius 1 is 1.60 bits per heavy atom. The summed E-state index contributed by atoms with van der Waals surface area (Å²) in [7, 11) is 0. The second-order valence-corrected chi connectivity index (χ2v) is 2.39. The number of hydrogen-bond donors (Lipinski definition) is 2. The first-order valence-corrected chi connectivity index (χ1v) is 3.54. The summed E-state index contributed by atoms with van der Waals surface area (Å²) < 4.78 is 5.27. The van der Waals surface area contributed by atoms with E-state index in [0.717, 1.165) is 0 Å². The molecular weight excluding hydrogens is 128 g/mol. The average molecular weight is 144 g/mol. The minimum Gasteiger partial charge on any atom is -0.377 e. The van der Waals surface area contributed by atoms with Gasteiger partial charge in [-0.3, -0.25) is 0 Å². The normalized spacial score (nSPS) is 16.3. The van der Waals surface area contributed by atoms with Crippen LogP contribution < -0.4 is 5.73 Å². The molecule has 0 radical (unpaired) electrons. The van der Waals surface area contributed by atoms with Crippen LogP contribution in [0, 0.1) is 11.3 Å². The molecule has 0 saturated carbocycles. The molecule has 0 rings (SSSR count). The largest absolute Gasteiger partial charge is 0.377 e. The van der Waals surface area contributed by atoms with E-state index in [4.69, 9.17) is 15.9 Å². The summed E-state index contributed by atoms with van der Waals surface area (Å²) in [5.41, 5.74) is 5.24. The van der Waals surface area contributed by atoms with E-state index in [9.17, 15) is 0 Å². The lowest BCUT2D eigenvalue weighted by atomic mass is 10.1. The highest BCUT2D eigenvalue weighted by Crippen LogP contribution is 2.02. The van der Waals surface area contributed by atoms with Crippen molar-refractivity contribution in [1.82, 2.24) is 0 Å². The van der Waals surface area contributed by atoms with E-state index >= 15 is 0 Å². The fraction of sp³-hybridized carbons (Fsp3) is 0.857. The Balaban J connectivity index is 3.40. The van der Waals surface area contributed by atoms with Crippen LogP contribution in [-0.4, -0.2) is 25.5 Å². The average Bonchev–Trinajstić information content (AvgIpc) is 1.98. The molecule has 0 aliphatic heterocycles. The predicted molar refractivity (Wildman–Crippen MR) is 42.4 cm³/mol. The van der Waals surface area contributed by atoms with E-state index in [0.29, 0.717) is 13.2 Å². The van der Waals surface area contributed by atoms with Crippen LogP contribution in [0.3, 0.4) is 0 Å². The SMILES string of the molecule is CC(C=N)C(C)OCCN. The predicted octanol–water partition coefficient (Wildman–Crippen LogP) is 0.636. The van der Waals surface area contributed by atoms with Gasteiger partial charge < -0.3 is 15.9 Å². The summed E-state index contributed by atoms with van der Waals surface area (Å²) in [5.74, 6) is 0.187. The van der Waals surface area contributed by atoms with Gasteiger partial charge >= 0.3 is 0 Å². The van der Waals surface area contributed by atoms with Gasteiger partial charge in [-0.15, -0.1) is 0 Å². The lowest BCUT2D eigenvalue weighted by Gasteiger charge is -2.15. The van der Waals surface area contributed by atoms with Gasteiger partial charge in [0.2, 0.25) is 0 Å².